The first-order valence-corrected chi connectivity index (χ1v) is 10.2. The molecule has 1 aliphatic rings. The number of halogens is 2. The van der Waals surface area contributed by atoms with Crippen LogP contribution in [0.4, 0.5) is 10.1 Å². The SMILES string of the molecule is COC(=O)c1c(NSc2ccc(F)cc2Br)ccc2c1OCc1cnsc1-2. The van der Waals surface area contributed by atoms with E-state index in [1.807, 2.05) is 6.07 Å². The highest BCUT2D eigenvalue weighted by molar-refractivity contribution is 9.10. The molecule has 2 heterocycles. The van der Waals surface area contributed by atoms with Crippen molar-refractivity contribution in [2.45, 2.75) is 11.5 Å². The maximum absolute atomic E-state index is 13.3. The molecule has 5 nitrogen and oxygen atoms in total. The second-order valence-corrected chi connectivity index (χ2v) is 8.11. The molecule has 0 saturated carbocycles. The van der Waals surface area contributed by atoms with Crippen LogP contribution in [0.5, 0.6) is 5.75 Å². The number of esters is 1. The molecule has 4 rings (SSSR count). The number of rotatable bonds is 4. The van der Waals surface area contributed by atoms with E-state index in [9.17, 15) is 9.18 Å². The van der Waals surface area contributed by atoms with Crippen molar-refractivity contribution in [1.82, 2.24) is 4.37 Å². The molecule has 9 heteroatoms. The van der Waals surface area contributed by atoms with Gasteiger partial charge in [-0.25, -0.2) is 13.6 Å². The molecule has 0 bridgehead atoms. The van der Waals surface area contributed by atoms with Crippen molar-refractivity contribution >= 4 is 51.1 Å². The monoisotopic (exact) mass is 466 g/mol. The Morgan fingerprint density at radius 3 is 3.04 bits per heavy atom. The van der Waals surface area contributed by atoms with Crippen LogP contribution in [-0.2, 0) is 11.3 Å². The number of benzene rings is 2. The van der Waals surface area contributed by atoms with Crippen molar-refractivity contribution in [2.24, 2.45) is 0 Å². The minimum atomic E-state index is -0.499. The van der Waals surface area contributed by atoms with Gasteiger partial charge >= 0.3 is 5.97 Å². The summed E-state index contributed by atoms with van der Waals surface area (Å²) in [4.78, 5) is 14.2. The van der Waals surface area contributed by atoms with E-state index in [1.165, 1.54) is 42.7 Å². The molecule has 0 fully saturated rings. The molecule has 2 aromatic carbocycles. The third-order valence-electron chi connectivity index (χ3n) is 3.97. The summed E-state index contributed by atoms with van der Waals surface area (Å²) in [6, 6.07) is 8.09. The molecule has 1 N–H and O–H groups in total. The van der Waals surface area contributed by atoms with Gasteiger partial charge in [0.25, 0.3) is 0 Å². The van der Waals surface area contributed by atoms with Crippen molar-refractivity contribution in [3.63, 3.8) is 0 Å². The smallest absolute Gasteiger partial charge is 0.343 e. The van der Waals surface area contributed by atoms with E-state index in [4.69, 9.17) is 9.47 Å². The molecule has 0 atom stereocenters. The van der Waals surface area contributed by atoms with E-state index < -0.39 is 5.97 Å². The molecule has 3 aromatic rings. The Labute approximate surface area is 171 Å². The van der Waals surface area contributed by atoms with Gasteiger partial charge in [-0.1, -0.05) is 0 Å². The number of hydrogen-bond acceptors (Lipinski definition) is 7. The quantitative estimate of drug-likeness (QED) is 0.404. The Kier molecular flexibility index (Phi) is 5.07. The number of nitrogens with zero attached hydrogens (tertiary/aromatic N) is 1. The third-order valence-corrected chi connectivity index (χ3v) is 6.66. The highest BCUT2D eigenvalue weighted by Gasteiger charge is 2.28. The fourth-order valence-corrected chi connectivity index (χ4v) is 4.75. The number of carbonyl (C=O) groups is 1. The molecule has 0 spiro atoms. The Hall–Kier alpha value is -2.10. The third kappa shape index (κ3) is 3.42. The molecular weight excluding hydrogens is 455 g/mol. The summed E-state index contributed by atoms with van der Waals surface area (Å²) >= 11 is 5.95. The van der Waals surface area contributed by atoms with Crippen LogP contribution in [-0.4, -0.2) is 17.5 Å². The lowest BCUT2D eigenvalue weighted by Gasteiger charge is -2.21. The summed E-state index contributed by atoms with van der Waals surface area (Å²) in [7, 11) is 1.33. The number of methoxy groups -OCH3 is 1. The van der Waals surface area contributed by atoms with Crippen LogP contribution in [0, 0.1) is 5.82 Å². The Morgan fingerprint density at radius 1 is 1.41 bits per heavy atom. The van der Waals surface area contributed by atoms with E-state index in [-0.39, 0.29) is 5.82 Å². The summed E-state index contributed by atoms with van der Waals surface area (Å²) in [5, 5.41) is 0. The van der Waals surface area contributed by atoms with E-state index in [0.29, 0.717) is 28.1 Å². The van der Waals surface area contributed by atoms with Crippen LogP contribution >= 0.6 is 39.4 Å². The predicted molar refractivity (Wildman–Crippen MR) is 107 cm³/mol. The highest BCUT2D eigenvalue weighted by atomic mass is 79.9. The average molecular weight is 467 g/mol. The normalized spacial score (nSPS) is 12.0. The number of fused-ring (bicyclic) bond motifs is 3. The largest absolute Gasteiger partial charge is 0.487 e. The van der Waals surface area contributed by atoms with E-state index in [0.717, 1.165) is 20.9 Å². The maximum atomic E-state index is 13.3. The summed E-state index contributed by atoms with van der Waals surface area (Å²) in [5.41, 5.74) is 2.68. The molecule has 0 aliphatic carbocycles. The van der Waals surface area contributed by atoms with Gasteiger partial charge in [0.15, 0.2) is 0 Å². The summed E-state index contributed by atoms with van der Waals surface area (Å²) in [6.07, 6.45) is 1.77. The number of aromatic nitrogens is 1. The van der Waals surface area contributed by atoms with Gasteiger partial charge in [-0.15, -0.1) is 0 Å². The first-order chi connectivity index (χ1) is 13.1. The number of nitrogens with one attached hydrogen (secondary N) is 1. The Bertz CT molecular complexity index is 1040. The first kappa shape index (κ1) is 18.3. The van der Waals surface area contributed by atoms with Crippen LogP contribution in [0.3, 0.4) is 0 Å². The van der Waals surface area contributed by atoms with Gasteiger partial charge in [0.1, 0.15) is 23.7 Å². The Balaban J connectivity index is 1.72. The van der Waals surface area contributed by atoms with Crippen molar-refractivity contribution in [2.75, 3.05) is 11.8 Å². The fourth-order valence-electron chi connectivity index (χ4n) is 2.70. The summed E-state index contributed by atoms with van der Waals surface area (Å²) < 4.78 is 32.0. The van der Waals surface area contributed by atoms with Gasteiger partial charge in [0.2, 0.25) is 0 Å². The number of carbonyl (C=O) groups excluding carboxylic acids is 1. The number of hydrogen-bond donors (Lipinski definition) is 1. The zero-order chi connectivity index (χ0) is 19.0. The van der Waals surface area contributed by atoms with Crippen molar-refractivity contribution < 1.29 is 18.7 Å². The molecule has 1 aromatic heterocycles. The van der Waals surface area contributed by atoms with Crippen LogP contribution in [0.15, 0.2) is 45.9 Å². The molecule has 1 aliphatic heterocycles. The minimum absolute atomic E-state index is 0.319. The summed E-state index contributed by atoms with van der Waals surface area (Å²) in [5.74, 6) is -0.354. The molecule has 0 amide bonds. The van der Waals surface area contributed by atoms with Gasteiger partial charge in [-0.3, -0.25) is 0 Å². The molecule has 0 radical (unpaired) electrons. The van der Waals surface area contributed by atoms with Gasteiger partial charge < -0.3 is 14.2 Å². The topological polar surface area (TPSA) is 60.5 Å². The lowest BCUT2D eigenvalue weighted by molar-refractivity contribution is 0.0597. The van der Waals surface area contributed by atoms with E-state index in [1.54, 1.807) is 18.3 Å². The van der Waals surface area contributed by atoms with Gasteiger partial charge in [-0.05, 0) is 69.7 Å². The zero-order valence-corrected chi connectivity index (χ0v) is 17.1. The van der Waals surface area contributed by atoms with Crippen LogP contribution in [0.2, 0.25) is 0 Å². The van der Waals surface area contributed by atoms with E-state index in [2.05, 4.69) is 25.0 Å². The first-order valence-electron chi connectivity index (χ1n) is 7.78. The lowest BCUT2D eigenvalue weighted by atomic mass is 10.0. The highest BCUT2D eigenvalue weighted by Crippen LogP contribution is 2.45. The van der Waals surface area contributed by atoms with Crippen LogP contribution in [0.25, 0.3) is 10.4 Å². The van der Waals surface area contributed by atoms with Gasteiger partial charge in [0.05, 0.1) is 17.7 Å². The zero-order valence-electron chi connectivity index (χ0n) is 13.9. The molecule has 138 valence electrons. The van der Waals surface area contributed by atoms with Gasteiger partial charge in [0, 0.05) is 26.7 Å². The molecule has 0 unspecified atom stereocenters. The molecule has 0 saturated heterocycles. The van der Waals surface area contributed by atoms with Crippen molar-refractivity contribution in [3.8, 4) is 16.2 Å². The molecule has 27 heavy (non-hydrogen) atoms. The molecular formula is C18H12BrFN2O3S2. The number of anilines is 1. The van der Waals surface area contributed by atoms with Crippen LogP contribution in [0.1, 0.15) is 15.9 Å². The Morgan fingerprint density at radius 2 is 2.26 bits per heavy atom. The second-order valence-electron chi connectivity index (χ2n) is 5.60. The average Bonchev–Trinajstić information content (AvgIpc) is 3.15. The lowest BCUT2D eigenvalue weighted by Crippen LogP contribution is -2.12. The second kappa shape index (κ2) is 7.49. The minimum Gasteiger partial charge on any atom is -0.487 e. The van der Waals surface area contributed by atoms with E-state index >= 15 is 0 Å². The number of ether oxygens (including phenoxy) is 2. The maximum Gasteiger partial charge on any atom is 0.343 e. The van der Waals surface area contributed by atoms with Crippen LogP contribution < -0.4 is 9.46 Å². The standard InChI is InChI=1S/C18H12BrFN2O3S2/c1-24-18(23)15-13(22-26-14-5-2-10(20)6-12(14)19)4-3-11-16(15)25-8-9-7-21-27-17(9)11/h2-7,22H,8H2,1H3. The van der Waals surface area contributed by atoms with Crippen molar-refractivity contribution in [3.05, 3.63) is 57.9 Å². The van der Waals surface area contributed by atoms with Crippen molar-refractivity contribution in [1.29, 1.82) is 0 Å². The fraction of sp³-hybridized carbons (Fsp3) is 0.111. The van der Waals surface area contributed by atoms with Gasteiger partial charge in [-0.2, -0.15) is 0 Å². The summed E-state index contributed by atoms with van der Waals surface area (Å²) in [6.45, 7) is 0.350. The predicted octanol–water partition coefficient (Wildman–Crippen LogP) is 5.51.